The van der Waals surface area contributed by atoms with Crippen LogP contribution in [-0.2, 0) is 6.42 Å². The number of nitrogens with zero attached hydrogens (tertiary/aromatic N) is 4. The van der Waals surface area contributed by atoms with Gasteiger partial charge in [-0.25, -0.2) is 0 Å². The average molecular weight is 307 g/mol. The van der Waals surface area contributed by atoms with E-state index in [1.807, 2.05) is 4.52 Å². The van der Waals surface area contributed by atoms with Gasteiger partial charge in [-0.05, 0) is 32.2 Å². The third-order valence-corrected chi connectivity index (χ3v) is 5.33. The van der Waals surface area contributed by atoms with Gasteiger partial charge in [-0.2, -0.15) is 9.61 Å². The lowest BCUT2D eigenvalue weighted by Gasteiger charge is -2.18. The topological polar surface area (TPSA) is 69.1 Å². The molecule has 0 spiro atoms. The Balaban J connectivity index is 1.62. The summed E-state index contributed by atoms with van der Waals surface area (Å²) in [6, 6.07) is 0. The van der Waals surface area contributed by atoms with E-state index < -0.39 is 0 Å². The Morgan fingerprint density at radius 3 is 2.67 bits per heavy atom. The molecule has 0 aliphatic heterocycles. The zero-order valence-corrected chi connectivity index (χ0v) is 13.4. The van der Waals surface area contributed by atoms with E-state index in [1.54, 1.807) is 11.3 Å². The second-order valence-corrected chi connectivity index (χ2v) is 7.08. The van der Waals surface area contributed by atoms with Crippen LogP contribution in [0.25, 0.3) is 4.96 Å². The molecule has 0 bridgehead atoms. The average Bonchev–Trinajstić information content (AvgIpc) is 3.08. The fourth-order valence-electron chi connectivity index (χ4n) is 3.16. The largest absolute Gasteiger partial charge is 0.330 e. The Labute approximate surface area is 129 Å². The third kappa shape index (κ3) is 3.61. The predicted octanol–water partition coefficient (Wildman–Crippen LogP) is 3.30. The van der Waals surface area contributed by atoms with Gasteiger partial charge in [0.25, 0.3) is 0 Å². The maximum absolute atomic E-state index is 5.52. The quantitative estimate of drug-likeness (QED) is 0.797. The van der Waals surface area contributed by atoms with Gasteiger partial charge in [0, 0.05) is 12.3 Å². The summed E-state index contributed by atoms with van der Waals surface area (Å²) in [6.45, 7) is 0.807. The van der Waals surface area contributed by atoms with Crippen LogP contribution in [0.15, 0.2) is 0 Å². The molecule has 3 rings (SSSR count). The normalized spacial score (nSPS) is 16.8. The number of rotatable bonds is 7. The van der Waals surface area contributed by atoms with Crippen LogP contribution in [0.4, 0.5) is 0 Å². The molecule has 1 aliphatic rings. The van der Waals surface area contributed by atoms with Crippen molar-refractivity contribution in [1.82, 2.24) is 19.8 Å². The SMILES string of the molecule is NCCCCCCc1nn2c(C3CCCCC3)nnc2s1. The molecular formula is C15H25N5S. The van der Waals surface area contributed by atoms with Crippen molar-refractivity contribution in [2.45, 2.75) is 70.1 Å². The molecule has 6 heteroatoms. The molecule has 1 aliphatic carbocycles. The Hall–Kier alpha value is -1.01. The van der Waals surface area contributed by atoms with Gasteiger partial charge in [0.15, 0.2) is 5.82 Å². The summed E-state index contributed by atoms with van der Waals surface area (Å²) in [5, 5.41) is 14.7. The molecule has 0 unspecified atom stereocenters. The molecular weight excluding hydrogens is 282 g/mol. The van der Waals surface area contributed by atoms with Crippen molar-refractivity contribution in [3.63, 3.8) is 0 Å². The van der Waals surface area contributed by atoms with E-state index in [0.717, 1.165) is 30.2 Å². The molecule has 0 saturated heterocycles. The van der Waals surface area contributed by atoms with E-state index in [9.17, 15) is 0 Å². The molecule has 0 amide bonds. The molecule has 1 saturated carbocycles. The molecule has 21 heavy (non-hydrogen) atoms. The highest BCUT2D eigenvalue weighted by Gasteiger charge is 2.22. The number of aromatic nitrogens is 4. The van der Waals surface area contributed by atoms with Crippen LogP contribution in [0, 0.1) is 0 Å². The van der Waals surface area contributed by atoms with Gasteiger partial charge in [0.1, 0.15) is 5.01 Å². The standard InChI is InChI=1S/C15H25N5S/c16-11-7-2-1-6-10-13-19-20-14(17-18-15(20)21-13)12-8-4-3-5-9-12/h12H,1-11,16H2. The number of nitrogens with two attached hydrogens (primary N) is 1. The number of fused-ring (bicyclic) bond motifs is 1. The van der Waals surface area contributed by atoms with Crippen molar-refractivity contribution in [2.75, 3.05) is 6.54 Å². The number of hydrogen-bond donors (Lipinski definition) is 1. The molecule has 2 aromatic rings. The smallest absolute Gasteiger partial charge is 0.234 e. The highest BCUT2D eigenvalue weighted by atomic mass is 32.1. The van der Waals surface area contributed by atoms with Crippen LogP contribution >= 0.6 is 11.3 Å². The molecule has 2 N–H and O–H groups in total. The van der Waals surface area contributed by atoms with Crippen LogP contribution in [0.3, 0.4) is 0 Å². The zero-order valence-electron chi connectivity index (χ0n) is 12.6. The summed E-state index contributed by atoms with van der Waals surface area (Å²) in [6.07, 6.45) is 12.3. The maximum atomic E-state index is 5.52. The van der Waals surface area contributed by atoms with Crippen LogP contribution in [0.2, 0.25) is 0 Å². The van der Waals surface area contributed by atoms with E-state index in [-0.39, 0.29) is 0 Å². The van der Waals surface area contributed by atoms with Gasteiger partial charge in [0.2, 0.25) is 4.96 Å². The lowest BCUT2D eigenvalue weighted by molar-refractivity contribution is 0.423. The molecule has 0 atom stereocenters. The lowest BCUT2D eigenvalue weighted by Crippen LogP contribution is -2.09. The van der Waals surface area contributed by atoms with Crippen molar-refractivity contribution >= 4 is 16.3 Å². The second-order valence-electron chi connectivity index (χ2n) is 6.04. The van der Waals surface area contributed by atoms with E-state index in [4.69, 9.17) is 10.8 Å². The number of unbranched alkanes of at least 4 members (excludes halogenated alkanes) is 3. The van der Waals surface area contributed by atoms with Crippen molar-refractivity contribution in [2.24, 2.45) is 5.73 Å². The summed E-state index contributed by atoms with van der Waals surface area (Å²) in [5.74, 6) is 1.66. The molecule has 116 valence electrons. The van der Waals surface area contributed by atoms with Gasteiger partial charge in [-0.3, -0.25) is 0 Å². The summed E-state index contributed by atoms with van der Waals surface area (Å²) < 4.78 is 2.01. The van der Waals surface area contributed by atoms with Gasteiger partial charge in [-0.15, -0.1) is 10.2 Å². The highest BCUT2D eigenvalue weighted by molar-refractivity contribution is 7.16. The number of hydrogen-bond acceptors (Lipinski definition) is 5. The number of aryl methyl sites for hydroxylation is 1. The maximum Gasteiger partial charge on any atom is 0.234 e. The van der Waals surface area contributed by atoms with Gasteiger partial charge in [-0.1, -0.05) is 43.4 Å². The van der Waals surface area contributed by atoms with E-state index >= 15 is 0 Å². The van der Waals surface area contributed by atoms with E-state index in [0.29, 0.717) is 5.92 Å². The second kappa shape index (κ2) is 7.31. The fraction of sp³-hybridized carbons (Fsp3) is 0.800. The monoisotopic (exact) mass is 307 g/mol. The predicted molar refractivity (Wildman–Crippen MR) is 85.7 cm³/mol. The van der Waals surface area contributed by atoms with Gasteiger partial charge >= 0.3 is 0 Å². The summed E-state index contributed by atoms with van der Waals surface area (Å²) in [5.41, 5.74) is 5.52. The lowest BCUT2D eigenvalue weighted by atomic mass is 9.89. The molecule has 1 fully saturated rings. The summed E-state index contributed by atoms with van der Waals surface area (Å²) in [7, 11) is 0. The van der Waals surface area contributed by atoms with E-state index in [2.05, 4.69) is 10.2 Å². The Morgan fingerprint density at radius 1 is 1.05 bits per heavy atom. The fourth-order valence-corrected chi connectivity index (χ4v) is 4.04. The Morgan fingerprint density at radius 2 is 1.86 bits per heavy atom. The molecule has 2 aromatic heterocycles. The van der Waals surface area contributed by atoms with Crippen molar-refractivity contribution < 1.29 is 0 Å². The first-order valence-electron chi connectivity index (χ1n) is 8.29. The first-order valence-corrected chi connectivity index (χ1v) is 9.11. The first kappa shape index (κ1) is 14.9. The molecule has 5 nitrogen and oxygen atoms in total. The highest BCUT2D eigenvalue weighted by Crippen LogP contribution is 2.32. The van der Waals surface area contributed by atoms with Crippen molar-refractivity contribution in [3.8, 4) is 0 Å². The van der Waals surface area contributed by atoms with Crippen molar-refractivity contribution in [3.05, 3.63) is 10.8 Å². The zero-order chi connectivity index (χ0) is 14.5. The summed E-state index contributed by atoms with van der Waals surface area (Å²) >= 11 is 1.70. The third-order valence-electron chi connectivity index (χ3n) is 4.37. The Bertz CT molecular complexity index is 555. The first-order chi connectivity index (χ1) is 10.4. The molecule has 0 radical (unpaired) electrons. The minimum atomic E-state index is 0.563. The van der Waals surface area contributed by atoms with Crippen LogP contribution < -0.4 is 5.73 Å². The summed E-state index contributed by atoms with van der Waals surface area (Å²) in [4.78, 5) is 0.965. The van der Waals surface area contributed by atoms with E-state index in [1.165, 1.54) is 56.4 Å². The van der Waals surface area contributed by atoms with Crippen molar-refractivity contribution in [1.29, 1.82) is 0 Å². The minimum absolute atomic E-state index is 0.563. The van der Waals surface area contributed by atoms with Crippen LogP contribution in [0.5, 0.6) is 0 Å². The van der Waals surface area contributed by atoms with Gasteiger partial charge in [0.05, 0.1) is 0 Å². The minimum Gasteiger partial charge on any atom is -0.330 e. The Kier molecular flexibility index (Phi) is 5.19. The molecule has 2 heterocycles. The van der Waals surface area contributed by atoms with Crippen LogP contribution in [-0.4, -0.2) is 26.4 Å². The molecule has 0 aromatic carbocycles. The van der Waals surface area contributed by atoms with Crippen LogP contribution in [0.1, 0.15) is 74.5 Å². The van der Waals surface area contributed by atoms with Gasteiger partial charge < -0.3 is 5.73 Å².